The molecule has 0 saturated carbocycles. The third kappa shape index (κ3) is 4.51. The molecule has 0 aromatic heterocycles. The number of amidine groups is 1. The van der Waals surface area contributed by atoms with Gasteiger partial charge in [0.05, 0.1) is 0 Å². The van der Waals surface area contributed by atoms with Gasteiger partial charge < -0.3 is 10.2 Å². The molecule has 2 heterocycles. The van der Waals surface area contributed by atoms with Crippen molar-refractivity contribution in [3.05, 3.63) is 0 Å². The molecule has 0 aromatic rings. The average Bonchev–Trinajstić information content (AvgIpc) is 2.76. The topological polar surface area (TPSA) is 27.6 Å². The molecule has 1 N–H and O–H groups in total. The molecule has 2 aliphatic heterocycles. The van der Waals surface area contributed by atoms with Crippen molar-refractivity contribution in [1.29, 1.82) is 0 Å². The molecule has 2 rings (SSSR count). The van der Waals surface area contributed by atoms with Crippen LogP contribution in [0.2, 0.25) is 0 Å². The maximum absolute atomic E-state index is 4.68. The van der Waals surface area contributed by atoms with Crippen LogP contribution in [0.15, 0.2) is 4.99 Å². The summed E-state index contributed by atoms with van der Waals surface area (Å²) < 4.78 is 0. The summed E-state index contributed by atoms with van der Waals surface area (Å²) in [6, 6.07) is 0. The second-order valence-corrected chi connectivity index (χ2v) is 6.78. The van der Waals surface area contributed by atoms with Crippen LogP contribution in [0.4, 0.5) is 0 Å². The normalized spacial score (nSPS) is 27.3. The molecule has 0 amide bonds. The molecule has 2 aliphatic rings. The Labute approximate surface area is 109 Å². The number of hydrogen-bond acceptors (Lipinski definition) is 3. The predicted octanol–water partition coefficient (Wildman–Crippen LogP) is 2.33. The van der Waals surface area contributed by atoms with Crippen LogP contribution in [0.3, 0.4) is 0 Å². The number of nitrogens with one attached hydrogen (secondary N) is 1. The summed E-state index contributed by atoms with van der Waals surface area (Å²) in [5.41, 5.74) is 0.235. The number of hydrogen-bond donors (Lipinski definition) is 1. The third-order valence-electron chi connectivity index (χ3n) is 3.50. The molecule has 3 nitrogen and oxygen atoms in total. The van der Waals surface area contributed by atoms with Crippen LogP contribution in [0.5, 0.6) is 0 Å². The van der Waals surface area contributed by atoms with Crippen molar-refractivity contribution in [2.24, 2.45) is 4.99 Å². The summed E-state index contributed by atoms with van der Waals surface area (Å²) in [7, 11) is 0. The summed E-state index contributed by atoms with van der Waals surface area (Å²) >= 11 is 1.87. The van der Waals surface area contributed by atoms with Crippen molar-refractivity contribution in [3.8, 4) is 0 Å². The van der Waals surface area contributed by atoms with Crippen LogP contribution >= 0.6 is 11.8 Å². The Kier molecular flexibility index (Phi) is 4.74. The first kappa shape index (κ1) is 13.2. The molecular formula is C13H25N3S. The minimum atomic E-state index is 0.235. The van der Waals surface area contributed by atoms with Gasteiger partial charge in [0.2, 0.25) is 0 Å². The highest BCUT2D eigenvalue weighted by Crippen LogP contribution is 2.21. The van der Waals surface area contributed by atoms with E-state index in [1.54, 1.807) is 0 Å². The Morgan fingerprint density at radius 3 is 2.82 bits per heavy atom. The standard InChI is InChI=1S/C13H25N3S/c1-13(2)6-11-17-12(15-13)14-7-5-10-16-8-3-4-9-16/h3-11H2,1-2H3,(H,14,15). The highest BCUT2D eigenvalue weighted by molar-refractivity contribution is 8.13. The fraction of sp³-hybridized carbons (Fsp3) is 0.923. The molecule has 2 fully saturated rings. The molecule has 4 heteroatoms. The third-order valence-corrected chi connectivity index (χ3v) is 4.41. The maximum Gasteiger partial charge on any atom is 0.156 e. The van der Waals surface area contributed by atoms with Gasteiger partial charge in [-0.2, -0.15) is 0 Å². The van der Waals surface area contributed by atoms with Crippen molar-refractivity contribution in [3.63, 3.8) is 0 Å². The molecule has 98 valence electrons. The Hall–Kier alpha value is -0.220. The molecule has 0 aromatic carbocycles. The lowest BCUT2D eigenvalue weighted by Gasteiger charge is -2.32. The van der Waals surface area contributed by atoms with Crippen molar-refractivity contribution in [1.82, 2.24) is 10.2 Å². The summed E-state index contributed by atoms with van der Waals surface area (Å²) in [4.78, 5) is 7.24. The van der Waals surface area contributed by atoms with Crippen LogP contribution < -0.4 is 5.32 Å². The first-order chi connectivity index (χ1) is 8.16. The Morgan fingerprint density at radius 1 is 1.35 bits per heavy atom. The van der Waals surface area contributed by atoms with E-state index in [-0.39, 0.29) is 5.54 Å². The lowest BCUT2D eigenvalue weighted by Crippen LogP contribution is -2.46. The quantitative estimate of drug-likeness (QED) is 0.781. The lowest BCUT2D eigenvalue weighted by atomic mass is 10.0. The van der Waals surface area contributed by atoms with Crippen LogP contribution in [0.25, 0.3) is 0 Å². The Bertz CT molecular complexity index is 270. The van der Waals surface area contributed by atoms with Crippen molar-refractivity contribution in [2.45, 2.75) is 45.1 Å². The lowest BCUT2D eigenvalue weighted by molar-refractivity contribution is 0.336. The van der Waals surface area contributed by atoms with Gasteiger partial charge in [0.25, 0.3) is 0 Å². The van der Waals surface area contributed by atoms with Crippen LogP contribution in [0.1, 0.15) is 39.5 Å². The number of rotatable bonds is 4. The molecule has 2 saturated heterocycles. The van der Waals surface area contributed by atoms with Gasteiger partial charge in [-0.25, -0.2) is 0 Å². The molecule has 0 radical (unpaired) electrons. The van der Waals surface area contributed by atoms with Gasteiger partial charge in [0.15, 0.2) is 5.17 Å². The van der Waals surface area contributed by atoms with Gasteiger partial charge >= 0.3 is 0 Å². The average molecular weight is 255 g/mol. The summed E-state index contributed by atoms with van der Waals surface area (Å²) in [5, 5.41) is 4.68. The molecule has 0 aliphatic carbocycles. The maximum atomic E-state index is 4.68. The zero-order chi connectivity index (χ0) is 12.1. The minimum absolute atomic E-state index is 0.235. The smallest absolute Gasteiger partial charge is 0.156 e. The fourth-order valence-electron chi connectivity index (χ4n) is 2.36. The minimum Gasteiger partial charge on any atom is -0.360 e. The van der Waals surface area contributed by atoms with Gasteiger partial charge in [-0.15, -0.1) is 0 Å². The molecule has 0 unspecified atom stereocenters. The number of thioether (sulfide) groups is 1. The Balaban J connectivity index is 1.65. The molecule has 0 bridgehead atoms. The van der Waals surface area contributed by atoms with E-state index in [1.165, 1.54) is 51.1 Å². The van der Waals surface area contributed by atoms with E-state index in [4.69, 9.17) is 0 Å². The van der Waals surface area contributed by atoms with Crippen molar-refractivity contribution >= 4 is 16.9 Å². The fourth-order valence-corrected chi connectivity index (χ4v) is 3.69. The highest BCUT2D eigenvalue weighted by Gasteiger charge is 2.23. The number of likely N-dealkylation sites (tertiary alicyclic amines) is 1. The summed E-state index contributed by atoms with van der Waals surface area (Å²) in [5.74, 6) is 1.20. The first-order valence-corrected chi connectivity index (χ1v) is 7.82. The first-order valence-electron chi connectivity index (χ1n) is 6.83. The van der Waals surface area contributed by atoms with E-state index in [2.05, 4.69) is 29.1 Å². The molecule has 0 atom stereocenters. The SMILES string of the molecule is CC1(C)CCSC(=NCCCN2CCCC2)N1. The monoisotopic (exact) mass is 255 g/mol. The van der Waals surface area contributed by atoms with E-state index in [0.29, 0.717) is 0 Å². The van der Waals surface area contributed by atoms with Gasteiger partial charge in [0, 0.05) is 17.8 Å². The zero-order valence-corrected chi connectivity index (χ0v) is 12.0. The predicted molar refractivity (Wildman–Crippen MR) is 76.9 cm³/mol. The largest absolute Gasteiger partial charge is 0.360 e. The summed E-state index contributed by atoms with van der Waals surface area (Å²) in [6.45, 7) is 9.32. The molecule has 17 heavy (non-hydrogen) atoms. The van der Waals surface area contributed by atoms with Crippen LogP contribution in [-0.2, 0) is 0 Å². The zero-order valence-electron chi connectivity index (χ0n) is 11.2. The van der Waals surface area contributed by atoms with Crippen LogP contribution in [0, 0.1) is 0 Å². The van der Waals surface area contributed by atoms with Gasteiger partial charge in [-0.1, -0.05) is 11.8 Å². The van der Waals surface area contributed by atoms with E-state index >= 15 is 0 Å². The van der Waals surface area contributed by atoms with Gasteiger partial charge in [-0.05, 0) is 59.2 Å². The number of nitrogens with zero attached hydrogens (tertiary/aromatic N) is 2. The second-order valence-electron chi connectivity index (χ2n) is 5.70. The van der Waals surface area contributed by atoms with Crippen molar-refractivity contribution in [2.75, 3.05) is 31.9 Å². The molecule has 0 spiro atoms. The van der Waals surface area contributed by atoms with Crippen LogP contribution in [-0.4, -0.2) is 47.5 Å². The van der Waals surface area contributed by atoms with E-state index < -0.39 is 0 Å². The van der Waals surface area contributed by atoms with E-state index in [1.807, 2.05) is 11.8 Å². The van der Waals surface area contributed by atoms with E-state index in [0.717, 1.165) is 11.7 Å². The van der Waals surface area contributed by atoms with Gasteiger partial charge in [0.1, 0.15) is 0 Å². The second kappa shape index (κ2) is 6.10. The summed E-state index contributed by atoms with van der Waals surface area (Å²) in [6.07, 6.45) is 5.21. The Morgan fingerprint density at radius 2 is 2.12 bits per heavy atom. The van der Waals surface area contributed by atoms with E-state index in [9.17, 15) is 0 Å². The molecular weight excluding hydrogens is 230 g/mol. The van der Waals surface area contributed by atoms with Gasteiger partial charge in [-0.3, -0.25) is 4.99 Å². The highest BCUT2D eigenvalue weighted by atomic mass is 32.2. The number of aliphatic imine (C=N–C) groups is 1. The van der Waals surface area contributed by atoms with Crippen molar-refractivity contribution < 1.29 is 0 Å².